The van der Waals surface area contributed by atoms with Crippen molar-refractivity contribution in [1.82, 2.24) is 14.5 Å². The maximum absolute atomic E-state index is 12.9. The molecule has 1 amide bonds. The summed E-state index contributed by atoms with van der Waals surface area (Å²) in [5, 5.41) is 0. The Hall–Kier alpha value is -2.27. The predicted octanol–water partition coefficient (Wildman–Crippen LogP) is 4.62. The molecule has 1 aromatic heterocycles. The van der Waals surface area contributed by atoms with Crippen LogP contribution in [-0.4, -0.2) is 39.7 Å². The fourth-order valence-electron chi connectivity index (χ4n) is 3.99. The van der Waals surface area contributed by atoms with Crippen molar-refractivity contribution in [1.29, 1.82) is 0 Å². The number of hydrogen-bond acceptors (Lipinski definition) is 3. The molecule has 0 atom stereocenters. The summed E-state index contributed by atoms with van der Waals surface area (Å²) in [4.78, 5) is 20.7. The Balaban J connectivity index is 1.43. The first-order chi connectivity index (χ1) is 13.2. The first-order valence-corrected chi connectivity index (χ1v) is 10.7. The van der Waals surface area contributed by atoms with Gasteiger partial charge >= 0.3 is 0 Å². The van der Waals surface area contributed by atoms with Crippen molar-refractivity contribution >= 4 is 28.7 Å². The van der Waals surface area contributed by atoms with Gasteiger partial charge in [0.1, 0.15) is 5.82 Å². The zero-order valence-electron chi connectivity index (χ0n) is 15.9. The summed E-state index contributed by atoms with van der Waals surface area (Å²) in [5.74, 6) is 1.83. The minimum atomic E-state index is 0.169. The summed E-state index contributed by atoms with van der Waals surface area (Å²) in [6, 6.07) is 16.2. The number of aromatic nitrogens is 2. The zero-order valence-corrected chi connectivity index (χ0v) is 16.7. The Morgan fingerprint density at radius 1 is 1.11 bits per heavy atom. The Labute approximate surface area is 164 Å². The van der Waals surface area contributed by atoms with Crippen molar-refractivity contribution in [2.75, 3.05) is 19.3 Å². The van der Waals surface area contributed by atoms with E-state index in [0.717, 1.165) is 54.3 Å². The molecule has 0 saturated carbocycles. The Kier molecular flexibility index (Phi) is 5.21. The van der Waals surface area contributed by atoms with E-state index >= 15 is 0 Å². The molecule has 1 aliphatic heterocycles. The van der Waals surface area contributed by atoms with Gasteiger partial charge in [0.2, 0.25) is 0 Å². The van der Waals surface area contributed by atoms with Gasteiger partial charge in [-0.15, -0.1) is 11.8 Å². The third-order valence-corrected chi connectivity index (χ3v) is 6.32. The summed E-state index contributed by atoms with van der Waals surface area (Å²) in [7, 11) is 0. The number of benzene rings is 2. The molecule has 3 aromatic rings. The van der Waals surface area contributed by atoms with Gasteiger partial charge in [-0.05, 0) is 56.2 Å². The van der Waals surface area contributed by atoms with E-state index in [1.54, 1.807) is 11.8 Å². The van der Waals surface area contributed by atoms with Gasteiger partial charge in [0, 0.05) is 24.5 Å². The third kappa shape index (κ3) is 3.61. The van der Waals surface area contributed by atoms with E-state index in [4.69, 9.17) is 0 Å². The minimum absolute atomic E-state index is 0.169. The summed E-state index contributed by atoms with van der Waals surface area (Å²) in [6.07, 6.45) is 4.11. The molecule has 0 radical (unpaired) electrons. The Morgan fingerprint density at radius 2 is 1.81 bits per heavy atom. The van der Waals surface area contributed by atoms with Gasteiger partial charge in [-0.3, -0.25) is 4.79 Å². The van der Waals surface area contributed by atoms with Gasteiger partial charge in [-0.2, -0.15) is 0 Å². The lowest BCUT2D eigenvalue weighted by Gasteiger charge is -2.32. The van der Waals surface area contributed by atoms with Crippen molar-refractivity contribution in [2.45, 2.75) is 31.2 Å². The Bertz CT molecular complexity index is 957. The predicted molar refractivity (Wildman–Crippen MR) is 111 cm³/mol. The van der Waals surface area contributed by atoms with Crippen LogP contribution in [0.25, 0.3) is 11.0 Å². The SMILES string of the molecule is CSc1ccccc1C(=O)N1CCC(Cn2c(C)nc3ccccc32)CC1. The molecule has 0 spiro atoms. The molecule has 4 nitrogen and oxygen atoms in total. The molecular weight excluding hydrogens is 354 g/mol. The van der Waals surface area contributed by atoms with Crippen molar-refractivity contribution in [3.05, 3.63) is 59.9 Å². The normalized spacial score (nSPS) is 15.4. The standard InChI is InChI=1S/C22H25N3OS/c1-16-23-19-8-4-5-9-20(19)25(16)15-17-11-13-24(14-12-17)22(26)18-7-3-6-10-21(18)27-2/h3-10,17H,11-15H2,1-2H3. The smallest absolute Gasteiger partial charge is 0.254 e. The molecule has 1 fully saturated rings. The second-order valence-electron chi connectivity index (χ2n) is 7.19. The van der Waals surface area contributed by atoms with Crippen LogP contribution in [0.3, 0.4) is 0 Å². The van der Waals surface area contributed by atoms with Crippen LogP contribution in [0.15, 0.2) is 53.4 Å². The monoisotopic (exact) mass is 379 g/mol. The van der Waals surface area contributed by atoms with Gasteiger partial charge in [-0.1, -0.05) is 24.3 Å². The second kappa shape index (κ2) is 7.77. The quantitative estimate of drug-likeness (QED) is 0.621. The third-order valence-electron chi connectivity index (χ3n) is 5.53. The van der Waals surface area contributed by atoms with E-state index in [1.807, 2.05) is 41.5 Å². The number of piperidine rings is 1. The molecule has 4 rings (SSSR count). The van der Waals surface area contributed by atoms with Crippen LogP contribution in [0.4, 0.5) is 0 Å². The zero-order chi connectivity index (χ0) is 18.8. The molecule has 0 unspecified atom stereocenters. The minimum Gasteiger partial charge on any atom is -0.339 e. The molecule has 5 heteroatoms. The first kappa shape index (κ1) is 18.1. The first-order valence-electron chi connectivity index (χ1n) is 9.51. The van der Waals surface area contributed by atoms with Gasteiger partial charge in [0.25, 0.3) is 5.91 Å². The molecule has 2 aromatic carbocycles. The molecule has 1 aliphatic rings. The summed E-state index contributed by atoms with van der Waals surface area (Å²) < 4.78 is 2.33. The number of likely N-dealkylation sites (tertiary alicyclic amines) is 1. The van der Waals surface area contributed by atoms with Crippen LogP contribution in [0.5, 0.6) is 0 Å². The second-order valence-corrected chi connectivity index (χ2v) is 8.04. The molecule has 140 valence electrons. The highest BCUT2D eigenvalue weighted by atomic mass is 32.2. The van der Waals surface area contributed by atoms with E-state index in [1.165, 1.54) is 5.52 Å². The van der Waals surface area contributed by atoms with Gasteiger partial charge in [-0.25, -0.2) is 4.98 Å². The maximum atomic E-state index is 12.9. The number of carbonyl (C=O) groups excluding carboxylic acids is 1. The number of rotatable bonds is 4. The lowest BCUT2D eigenvalue weighted by Crippen LogP contribution is -2.39. The number of nitrogens with zero attached hydrogens (tertiary/aromatic N) is 3. The summed E-state index contributed by atoms with van der Waals surface area (Å²) in [6.45, 7) is 4.73. The average Bonchev–Trinajstić information content (AvgIpc) is 3.03. The fourth-order valence-corrected chi connectivity index (χ4v) is 4.58. The fraction of sp³-hybridized carbons (Fsp3) is 0.364. The summed E-state index contributed by atoms with van der Waals surface area (Å²) in [5.41, 5.74) is 3.11. The van der Waals surface area contributed by atoms with Gasteiger partial charge in [0.15, 0.2) is 0 Å². The van der Waals surface area contributed by atoms with Crippen molar-refractivity contribution in [2.24, 2.45) is 5.92 Å². The molecular formula is C22H25N3OS. The highest BCUT2D eigenvalue weighted by Crippen LogP contribution is 2.26. The lowest BCUT2D eigenvalue weighted by atomic mass is 9.96. The van der Waals surface area contributed by atoms with E-state index in [9.17, 15) is 4.79 Å². The molecule has 0 bridgehead atoms. The van der Waals surface area contributed by atoms with E-state index in [2.05, 4.69) is 34.7 Å². The summed E-state index contributed by atoms with van der Waals surface area (Å²) >= 11 is 1.64. The number of fused-ring (bicyclic) bond motifs is 1. The van der Waals surface area contributed by atoms with Gasteiger partial charge < -0.3 is 9.47 Å². The van der Waals surface area contributed by atoms with Crippen LogP contribution < -0.4 is 0 Å². The van der Waals surface area contributed by atoms with Crippen molar-refractivity contribution in [3.63, 3.8) is 0 Å². The number of imidazole rings is 1. The van der Waals surface area contributed by atoms with E-state index in [0.29, 0.717) is 5.92 Å². The van der Waals surface area contributed by atoms with Gasteiger partial charge in [0.05, 0.1) is 16.6 Å². The van der Waals surface area contributed by atoms with Crippen molar-refractivity contribution < 1.29 is 4.79 Å². The topological polar surface area (TPSA) is 38.1 Å². The highest BCUT2D eigenvalue weighted by Gasteiger charge is 2.25. The molecule has 0 N–H and O–H groups in total. The highest BCUT2D eigenvalue weighted by molar-refractivity contribution is 7.98. The molecule has 2 heterocycles. The van der Waals surface area contributed by atoms with Crippen LogP contribution in [0.2, 0.25) is 0 Å². The molecule has 27 heavy (non-hydrogen) atoms. The van der Waals surface area contributed by atoms with Crippen molar-refractivity contribution in [3.8, 4) is 0 Å². The number of aryl methyl sites for hydroxylation is 1. The number of hydrogen-bond donors (Lipinski definition) is 0. The molecule has 1 saturated heterocycles. The lowest BCUT2D eigenvalue weighted by molar-refractivity contribution is 0.0679. The van der Waals surface area contributed by atoms with Crippen LogP contribution in [0.1, 0.15) is 29.0 Å². The maximum Gasteiger partial charge on any atom is 0.254 e. The number of thioether (sulfide) groups is 1. The van der Waals surface area contributed by atoms with Crippen LogP contribution in [-0.2, 0) is 6.54 Å². The Morgan fingerprint density at radius 3 is 2.59 bits per heavy atom. The number of carbonyl (C=O) groups is 1. The molecule has 0 aliphatic carbocycles. The van der Waals surface area contributed by atoms with Crippen LogP contribution >= 0.6 is 11.8 Å². The largest absolute Gasteiger partial charge is 0.339 e. The van der Waals surface area contributed by atoms with E-state index < -0.39 is 0 Å². The van der Waals surface area contributed by atoms with Crippen LogP contribution in [0, 0.1) is 12.8 Å². The van der Waals surface area contributed by atoms with E-state index in [-0.39, 0.29) is 5.91 Å². The number of para-hydroxylation sites is 2. The average molecular weight is 380 g/mol. The number of amides is 1.